The third-order valence-corrected chi connectivity index (χ3v) is 5.21. The lowest BCUT2D eigenvalue weighted by Gasteiger charge is -2.22. The van der Waals surface area contributed by atoms with Crippen LogP contribution in [0.4, 0.5) is 5.69 Å². The van der Waals surface area contributed by atoms with Crippen LogP contribution in [-0.2, 0) is 10.0 Å². The highest BCUT2D eigenvalue weighted by atomic mass is 32.2. The first-order valence-corrected chi connectivity index (χ1v) is 8.23. The number of rotatable bonds is 6. The fourth-order valence-electron chi connectivity index (χ4n) is 2.14. The Hall–Kier alpha value is -2.41. The zero-order chi connectivity index (χ0) is 17.0. The fourth-order valence-corrected chi connectivity index (χ4v) is 3.34. The number of hydrogen-bond acceptors (Lipinski definition) is 5. The van der Waals surface area contributed by atoms with Gasteiger partial charge in [0.15, 0.2) is 11.5 Å². The number of sulfonamides is 1. The molecule has 0 fully saturated rings. The SMILES string of the molecule is COc1cc(N(C)S(=O)(=O)c2ccccc2)cc(OC)c1OC. The molecular weight excluding hydrogens is 318 g/mol. The van der Waals surface area contributed by atoms with Gasteiger partial charge in [-0.25, -0.2) is 8.42 Å². The van der Waals surface area contributed by atoms with Crippen LogP contribution in [0.3, 0.4) is 0 Å². The molecule has 0 aromatic heterocycles. The molecule has 0 bridgehead atoms. The Labute approximate surface area is 136 Å². The van der Waals surface area contributed by atoms with Crippen molar-refractivity contribution in [1.82, 2.24) is 0 Å². The highest BCUT2D eigenvalue weighted by Crippen LogP contribution is 2.41. The van der Waals surface area contributed by atoms with Crippen molar-refractivity contribution in [2.45, 2.75) is 4.90 Å². The Kier molecular flexibility index (Phi) is 5.00. The fraction of sp³-hybridized carbons (Fsp3) is 0.250. The lowest BCUT2D eigenvalue weighted by atomic mass is 10.2. The molecule has 0 aliphatic heterocycles. The maximum absolute atomic E-state index is 12.7. The third-order valence-electron chi connectivity index (χ3n) is 3.41. The molecule has 0 saturated heterocycles. The van der Waals surface area contributed by atoms with Crippen LogP contribution in [0.1, 0.15) is 0 Å². The average molecular weight is 337 g/mol. The predicted octanol–water partition coefficient (Wildman–Crippen LogP) is 2.54. The van der Waals surface area contributed by atoms with Crippen LogP contribution in [0, 0.1) is 0 Å². The van der Waals surface area contributed by atoms with Gasteiger partial charge in [-0.2, -0.15) is 0 Å². The lowest BCUT2D eigenvalue weighted by molar-refractivity contribution is 0.324. The zero-order valence-electron chi connectivity index (χ0n) is 13.4. The standard InChI is InChI=1S/C16H19NO5S/c1-17(23(18,19)13-8-6-5-7-9-13)12-10-14(20-2)16(22-4)15(11-12)21-3/h5-11H,1-4H3. The molecule has 7 heteroatoms. The van der Waals surface area contributed by atoms with E-state index < -0.39 is 10.0 Å². The number of hydrogen-bond donors (Lipinski definition) is 0. The van der Waals surface area contributed by atoms with Gasteiger partial charge in [-0.1, -0.05) is 18.2 Å². The summed E-state index contributed by atoms with van der Waals surface area (Å²) in [5.74, 6) is 1.18. The quantitative estimate of drug-likeness (QED) is 0.810. The molecule has 0 unspecified atom stereocenters. The van der Waals surface area contributed by atoms with E-state index in [1.807, 2.05) is 0 Å². The Bertz CT molecular complexity index is 749. The Balaban J connectivity index is 2.53. The predicted molar refractivity (Wildman–Crippen MR) is 88.1 cm³/mol. The van der Waals surface area contributed by atoms with Crippen LogP contribution in [-0.4, -0.2) is 36.8 Å². The molecule has 2 aromatic carbocycles. The van der Waals surface area contributed by atoms with Gasteiger partial charge in [-0.05, 0) is 12.1 Å². The average Bonchev–Trinajstić information content (AvgIpc) is 2.60. The number of nitrogens with zero attached hydrogens (tertiary/aromatic N) is 1. The number of methoxy groups -OCH3 is 3. The molecule has 0 saturated carbocycles. The van der Waals surface area contributed by atoms with Gasteiger partial charge in [0.1, 0.15) is 0 Å². The van der Waals surface area contributed by atoms with Crippen LogP contribution in [0.2, 0.25) is 0 Å². The Morgan fingerprint density at radius 3 is 1.83 bits per heavy atom. The van der Waals surface area contributed by atoms with Crippen molar-refractivity contribution < 1.29 is 22.6 Å². The van der Waals surface area contributed by atoms with E-state index in [1.54, 1.807) is 42.5 Å². The molecule has 0 spiro atoms. The monoisotopic (exact) mass is 337 g/mol. The second-order valence-electron chi connectivity index (χ2n) is 4.67. The summed E-state index contributed by atoms with van der Waals surface area (Å²) in [5, 5.41) is 0. The molecule has 0 amide bonds. The molecule has 2 aromatic rings. The molecule has 0 aliphatic carbocycles. The lowest BCUT2D eigenvalue weighted by Crippen LogP contribution is -2.26. The molecule has 0 atom stereocenters. The highest BCUT2D eigenvalue weighted by Gasteiger charge is 2.24. The largest absolute Gasteiger partial charge is 0.493 e. The van der Waals surface area contributed by atoms with E-state index >= 15 is 0 Å². The summed E-state index contributed by atoms with van der Waals surface area (Å²) < 4.78 is 42.3. The second-order valence-corrected chi connectivity index (χ2v) is 6.64. The molecule has 0 N–H and O–H groups in total. The minimum Gasteiger partial charge on any atom is -0.493 e. The van der Waals surface area contributed by atoms with Gasteiger partial charge < -0.3 is 14.2 Å². The van der Waals surface area contributed by atoms with Crippen molar-refractivity contribution >= 4 is 15.7 Å². The van der Waals surface area contributed by atoms with Gasteiger partial charge in [-0.15, -0.1) is 0 Å². The summed E-state index contributed by atoms with van der Waals surface area (Å²) in [6.07, 6.45) is 0. The molecule has 2 rings (SSSR count). The molecule has 124 valence electrons. The number of anilines is 1. The van der Waals surface area contributed by atoms with E-state index in [0.717, 1.165) is 0 Å². The van der Waals surface area contributed by atoms with Crippen LogP contribution >= 0.6 is 0 Å². The maximum atomic E-state index is 12.7. The zero-order valence-corrected chi connectivity index (χ0v) is 14.3. The Morgan fingerprint density at radius 2 is 1.39 bits per heavy atom. The molecule has 0 aliphatic rings. The first-order chi connectivity index (χ1) is 11.0. The highest BCUT2D eigenvalue weighted by molar-refractivity contribution is 7.92. The van der Waals surface area contributed by atoms with Crippen LogP contribution in [0.25, 0.3) is 0 Å². The first kappa shape index (κ1) is 17.0. The third kappa shape index (κ3) is 3.19. The molecule has 0 radical (unpaired) electrons. The molecular formula is C16H19NO5S. The Morgan fingerprint density at radius 1 is 0.870 bits per heavy atom. The first-order valence-electron chi connectivity index (χ1n) is 6.79. The van der Waals surface area contributed by atoms with E-state index in [1.165, 1.54) is 32.7 Å². The van der Waals surface area contributed by atoms with Crippen molar-refractivity contribution in [3.63, 3.8) is 0 Å². The smallest absolute Gasteiger partial charge is 0.264 e. The summed E-state index contributed by atoms with van der Waals surface area (Å²) in [5.41, 5.74) is 0.406. The van der Waals surface area contributed by atoms with Gasteiger partial charge in [0.25, 0.3) is 10.0 Å². The van der Waals surface area contributed by atoms with Gasteiger partial charge in [0.05, 0.1) is 31.9 Å². The summed E-state index contributed by atoms with van der Waals surface area (Å²) in [4.78, 5) is 0.205. The topological polar surface area (TPSA) is 65.1 Å². The summed E-state index contributed by atoms with van der Waals surface area (Å²) in [6.45, 7) is 0. The summed E-state index contributed by atoms with van der Waals surface area (Å²) in [7, 11) is 2.24. The van der Waals surface area contributed by atoms with Crippen molar-refractivity contribution in [3.8, 4) is 17.2 Å². The van der Waals surface area contributed by atoms with Crippen molar-refractivity contribution in [1.29, 1.82) is 0 Å². The van der Waals surface area contributed by atoms with Crippen molar-refractivity contribution in [2.75, 3.05) is 32.7 Å². The van der Waals surface area contributed by atoms with Gasteiger partial charge in [0, 0.05) is 19.2 Å². The number of benzene rings is 2. The van der Waals surface area contributed by atoms with E-state index in [9.17, 15) is 8.42 Å². The minimum absolute atomic E-state index is 0.205. The van der Waals surface area contributed by atoms with E-state index in [4.69, 9.17) is 14.2 Å². The normalized spacial score (nSPS) is 11.0. The van der Waals surface area contributed by atoms with Gasteiger partial charge in [-0.3, -0.25) is 4.31 Å². The summed E-state index contributed by atoms with van der Waals surface area (Å²) >= 11 is 0. The maximum Gasteiger partial charge on any atom is 0.264 e. The van der Waals surface area contributed by atoms with Crippen LogP contribution in [0.5, 0.6) is 17.2 Å². The van der Waals surface area contributed by atoms with Crippen LogP contribution < -0.4 is 18.5 Å². The van der Waals surface area contributed by atoms with Crippen LogP contribution in [0.15, 0.2) is 47.4 Å². The molecule has 6 nitrogen and oxygen atoms in total. The van der Waals surface area contributed by atoms with Gasteiger partial charge in [0.2, 0.25) is 5.75 Å². The minimum atomic E-state index is -3.68. The van der Waals surface area contributed by atoms with Gasteiger partial charge >= 0.3 is 0 Å². The van der Waals surface area contributed by atoms with E-state index in [2.05, 4.69) is 0 Å². The molecule has 0 heterocycles. The van der Waals surface area contributed by atoms with E-state index in [0.29, 0.717) is 22.9 Å². The van der Waals surface area contributed by atoms with E-state index in [-0.39, 0.29) is 4.90 Å². The van der Waals surface area contributed by atoms with Crippen molar-refractivity contribution in [2.24, 2.45) is 0 Å². The summed E-state index contributed by atoms with van der Waals surface area (Å²) in [6, 6.07) is 11.4. The molecule has 23 heavy (non-hydrogen) atoms. The second kappa shape index (κ2) is 6.78. The van der Waals surface area contributed by atoms with Crippen molar-refractivity contribution in [3.05, 3.63) is 42.5 Å². The number of ether oxygens (including phenoxy) is 3.